The van der Waals surface area contributed by atoms with Crippen molar-refractivity contribution < 1.29 is 14.6 Å². The molecule has 0 aliphatic heterocycles. The number of benzene rings is 3. The third-order valence-corrected chi connectivity index (χ3v) is 3.96. The van der Waals surface area contributed by atoms with Crippen molar-refractivity contribution in [1.29, 1.82) is 0 Å². The van der Waals surface area contributed by atoms with E-state index in [1.54, 1.807) is 48.5 Å². The minimum atomic E-state index is -0.325. The molecule has 3 aromatic rings. The molecule has 3 rings (SSSR count). The Kier molecular flexibility index (Phi) is 6.07. The van der Waals surface area contributed by atoms with E-state index in [1.807, 2.05) is 24.3 Å². The Hall–Kier alpha value is -3.31. The fourth-order valence-corrected chi connectivity index (χ4v) is 2.37. The fourth-order valence-electron chi connectivity index (χ4n) is 2.24. The van der Waals surface area contributed by atoms with E-state index in [0.29, 0.717) is 22.9 Å². The number of hydrogen-bond acceptors (Lipinski definition) is 4. The number of hydrazone groups is 1. The van der Waals surface area contributed by atoms with Crippen LogP contribution < -0.4 is 10.2 Å². The Balaban J connectivity index is 1.52. The second-order valence-corrected chi connectivity index (χ2v) is 6.17. The second-order valence-electron chi connectivity index (χ2n) is 5.73. The first-order chi connectivity index (χ1) is 13.1. The van der Waals surface area contributed by atoms with Crippen molar-refractivity contribution in [2.75, 3.05) is 0 Å². The summed E-state index contributed by atoms with van der Waals surface area (Å²) in [5, 5.41) is 13.8. The quantitative estimate of drug-likeness (QED) is 0.492. The maximum absolute atomic E-state index is 12.1. The highest BCUT2D eigenvalue weighted by atomic mass is 35.5. The van der Waals surface area contributed by atoms with Crippen molar-refractivity contribution in [3.63, 3.8) is 0 Å². The van der Waals surface area contributed by atoms with Gasteiger partial charge in [-0.1, -0.05) is 23.7 Å². The van der Waals surface area contributed by atoms with Crippen LogP contribution in [-0.2, 0) is 6.61 Å². The number of nitrogens with zero attached hydrogens (tertiary/aromatic N) is 1. The topological polar surface area (TPSA) is 70.9 Å². The van der Waals surface area contributed by atoms with Gasteiger partial charge in [-0.2, -0.15) is 5.10 Å². The Bertz CT molecular complexity index is 921. The van der Waals surface area contributed by atoms with Crippen molar-refractivity contribution in [1.82, 2.24) is 5.43 Å². The number of phenolic OH excluding ortho intramolecular Hbond substituents is 1. The monoisotopic (exact) mass is 380 g/mol. The number of halogens is 1. The summed E-state index contributed by atoms with van der Waals surface area (Å²) < 4.78 is 5.69. The van der Waals surface area contributed by atoms with Crippen LogP contribution in [0.25, 0.3) is 0 Å². The lowest BCUT2D eigenvalue weighted by Crippen LogP contribution is -2.17. The Morgan fingerprint density at radius 3 is 2.33 bits per heavy atom. The predicted octanol–water partition coefficient (Wildman–Crippen LogP) is 4.39. The van der Waals surface area contributed by atoms with Gasteiger partial charge in [-0.3, -0.25) is 4.79 Å². The molecular weight excluding hydrogens is 364 g/mol. The molecule has 0 radical (unpaired) electrons. The molecule has 0 aliphatic rings. The van der Waals surface area contributed by atoms with Gasteiger partial charge in [0, 0.05) is 10.6 Å². The number of aromatic hydroxyl groups is 1. The molecule has 0 heterocycles. The summed E-state index contributed by atoms with van der Waals surface area (Å²) >= 11 is 5.85. The second kappa shape index (κ2) is 8.87. The van der Waals surface area contributed by atoms with Crippen LogP contribution in [0.15, 0.2) is 77.9 Å². The molecule has 0 saturated carbocycles. The Morgan fingerprint density at radius 1 is 1.00 bits per heavy atom. The molecule has 27 heavy (non-hydrogen) atoms. The number of nitrogens with one attached hydrogen (secondary N) is 1. The van der Waals surface area contributed by atoms with Crippen molar-refractivity contribution in [3.05, 3.63) is 94.5 Å². The van der Waals surface area contributed by atoms with Crippen LogP contribution in [0.5, 0.6) is 11.5 Å². The van der Waals surface area contributed by atoms with Gasteiger partial charge in [0.1, 0.15) is 18.1 Å². The lowest BCUT2D eigenvalue weighted by atomic mass is 10.2. The van der Waals surface area contributed by atoms with E-state index in [4.69, 9.17) is 16.3 Å². The molecule has 0 atom stereocenters. The number of hydrogen-bond donors (Lipinski definition) is 2. The van der Waals surface area contributed by atoms with E-state index in [2.05, 4.69) is 10.5 Å². The van der Waals surface area contributed by atoms with Crippen molar-refractivity contribution >= 4 is 23.7 Å². The molecule has 0 aromatic heterocycles. The standard InChI is InChI=1S/C21H17ClN2O3/c22-18-7-1-16(2-8-18)14-27-20-11-5-17(6-12-20)21(26)24-23-13-15-3-9-19(25)10-4-15/h1-13,25H,14H2,(H,24,26)/b23-13-. The highest BCUT2D eigenvalue weighted by Crippen LogP contribution is 2.16. The van der Waals surface area contributed by atoms with Crippen LogP contribution in [0.2, 0.25) is 5.02 Å². The first-order valence-corrected chi connectivity index (χ1v) is 8.58. The molecule has 5 nitrogen and oxygen atoms in total. The molecule has 0 saturated heterocycles. The molecule has 0 bridgehead atoms. The van der Waals surface area contributed by atoms with Gasteiger partial charge in [-0.15, -0.1) is 0 Å². The van der Waals surface area contributed by atoms with Gasteiger partial charge in [-0.05, 0) is 71.8 Å². The van der Waals surface area contributed by atoms with Crippen LogP contribution in [0.3, 0.4) is 0 Å². The van der Waals surface area contributed by atoms with Crippen LogP contribution >= 0.6 is 11.6 Å². The third-order valence-electron chi connectivity index (χ3n) is 3.71. The zero-order valence-corrected chi connectivity index (χ0v) is 15.1. The predicted molar refractivity (Wildman–Crippen MR) is 105 cm³/mol. The highest BCUT2D eigenvalue weighted by Gasteiger charge is 2.04. The average molecular weight is 381 g/mol. The van der Waals surface area contributed by atoms with Crippen LogP contribution in [0.4, 0.5) is 0 Å². The van der Waals surface area contributed by atoms with Crippen LogP contribution in [0, 0.1) is 0 Å². The zero-order chi connectivity index (χ0) is 19.1. The molecule has 6 heteroatoms. The van der Waals surface area contributed by atoms with Crippen LogP contribution in [-0.4, -0.2) is 17.2 Å². The van der Waals surface area contributed by atoms with E-state index in [0.717, 1.165) is 11.1 Å². The van der Waals surface area contributed by atoms with Gasteiger partial charge < -0.3 is 9.84 Å². The molecular formula is C21H17ClN2O3. The number of rotatable bonds is 6. The number of ether oxygens (including phenoxy) is 1. The molecule has 1 amide bonds. The van der Waals surface area contributed by atoms with Gasteiger partial charge in [0.15, 0.2) is 0 Å². The lowest BCUT2D eigenvalue weighted by Gasteiger charge is -2.07. The minimum Gasteiger partial charge on any atom is -0.508 e. The lowest BCUT2D eigenvalue weighted by molar-refractivity contribution is 0.0955. The molecule has 136 valence electrons. The Labute approximate surface area is 161 Å². The summed E-state index contributed by atoms with van der Waals surface area (Å²) in [5.41, 5.74) is 4.70. The minimum absolute atomic E-state index is 0.176. The van der Waals surface area contributed by atoms with E-state index >= 15 is 0 Å². The number of amides is 1. The number of phenols is 1. The van der Waals surface area contributed by atoms with Gasteiger partial charge in [-0.25, -0.2) is 5.43 Å². The van der Waals surface area contributed by atoms with Crippen molar-refractivity contribution in [2.24, 2.45) is 5.10 Å². The molecule has 3 aromatic carbocycles. The number of carbonyl (C=O) groups excluding carboxylic acids is 1. The van der Waals surface area contributed by atoms with Gasteiger partial charge in [0.2, 0.25) is 0 Å². The average Bonchev–Trinajstić information content (AvgIpc) is 2.69. The summed E-state index contributed by atoms with van der Waals surface area (Å²) in [6, 6.07) is 20.7. The Morgan fingerprint density at radius 2 is 1.67 bits per heavy atom. The molecule has 0 aliphatic carbocycles. The van der Waals surface area contributed by atoms with E-state index in [-0.39, 0.29) is 11.7 Å². The summed E-state index contributed by atoms with van der Waals surface area (Å²) in [6.45, 7) is 0.416. The number of carbonyl (C=O) groups is 1. The van der Waals surface area contributed by atoms with Crippen molar-refractivity contribution in [2.45, 2.75) is 6.61 Å². The molecule has 0 spiro atoms. The molecule has 2 N–H and O–H groups in total. The van der Waals surface area contributed by atoms with Gasteiger partial charge >= 0.3 is 0 Å². The first-order valence-electron chi connectivity index (χ1n) is 8.20. The first kappa shape index (κ1) is 18.5. The maximum atomic E-state index is 12.1. The summed E-state index contributed by atoms with van der Waals surface area (Å²) in [5.74, 6) is 0.512. The van der Waals surface area contributed by atoms with Gasteiger partial charge in [0.05, 0.1) is 6.21 Å². The summed E-state index contributed by atoms with van der Waals surface area (Å²) in [4.78, 5) is 12.1. The maximum Gasteiger partial charge on any atom is 0.271 e. The van der Waals surface area contributed by atoms with Crippen molar-refractivity contribution in [3.8, 4) is 11.5 Å². The summed E-state index contributed by atoms with van der Waals surface area (Å²) in [7, 11) is 0. The van der Waals surface area contributed by atoms with E-state index < -0.39 is 0 Å². The largest absolute Gasteiger partial charge is 0.508 e. The van der Waals surface area contributed by atoms with E-state index in [1.165, 1.54) is 6.21 Å². The fraction of sp³-hybridized carbons (Fsp3) is 0.0476. The smallest absolute Gasteiger partial charge is 0.271 e. The normalized spacial score (nSPS) is 10.7. The highest BCUT2D eigenvalue weighted by molar-refractivity contribution is 6.30. The summed E-state index contributed by atoms with van der Waals surface area (Å²) in [6.07, 6.45) is 1.50. The van der Waals surface area contributed by atoms with Crippen LogP contribution in [0.1, 0.15) is 21.5 Å². The molecule has 0 fully saturated rings. The zero-order valence-electron chi connectivity index (χ0n) is 14.3. The van der Waals surface area contributed by atoms with Gasteiger partial charge in [0.25, 0.3) is 5.91 Å². The SMILES string of the molecule is O=C(N/N=C\c1ccc(O)cc1)c1ccc(OCc2ccc(Cl)cc2)cc1. The third kappa shape index (κ3) is 5.59. The molecule has 0 unspecified atom stereocenters. The van der Waals surface area contributed by atoms with E-state index in [9.17, 15) is 9.90 Å².